The lowest BCUT2D eigenvalue weighted by Crippen LogP contribution is -2.45. The van der Waals surface area contributed by atoms with E-state index in [1.54, 1.807) is 19.0 Å². The fraction of sp³-hybridized carbons (Fsp3) is 0.391. The Hall–Kier alpha value is -2.82. The Kier molecular flexibility index (Phi) is 8.53. The number of nitrogens with zero attached hydrogens (tertiary/aromatic N) is 2. The molecule has 5 nitrogen and oxygen atoms in total. The predicted molar refractivity (Wildman–Crippen MR) is 117 cm³/mol. The van der Waals surface area contributed by atoms with Crippen molar-refractivity contribution in [3.63, 3.8) is 0 Å². The molecule has 0 spiro atoms. The maximum atomic E-state index is 11.9. The van der Waals surface area contributed by atoms with E-state index >= 15 is 0 Å². The SMILES string of the molecule is CC(NC(=NCC(=O)N(C)C)NCCc1ccccc1)C(C)c1ccccc1. The van der Waals surface area contributed by atoms with Gasteiger partial charge in [0, 0.05) is 32.6 Å². The van der Waals surface area contributed by atoms with Crippen molar-refractivity contribution >= 4 is 11.9 Å². The lowest BCUT2D eigenvalue weighted by atomic mass is 9.94. The number of hydrogen-bond donors (Lipinski definition) is 2. The summed E-state index contributed by atoms with van der Waals surface area (Å²) < 4.78 is 0. The fourth-order valence-corrected chi connectivity index (χ4v) is 2.80. The highest BCUT2D eigenvalue weighted by Gasteiger charge is 2.16. The van der Waals surface area contributed by atoms with Gasteiger partial charge in [0.2, 0.25) is 5.91 Å². The molecule has 2 aromatic carbocycles. The standard InChI is InChI=1S/C23H32N4O/c1-18(21-13-9-6-10-14-21)19(2)26-23(25-17-22(28)27(3)4)24-16-15-20-11-7-5-8-12-20/h5-14,18-19H,15-17H2,1-4H3,(H2,24,25,26). The van der Waals surface area contributed by atoms with Gasteiger partial charge in [0.25, 0.3) is 0 Å². The lowest BCUT2D eigenvalue weighted by molar-refractivity contribution is -0.127. The molecule has 0 fully saturated rings. The molecule has 0 aliphatic rings. The highest BCUT2D eigenvalue weighted by atomic mass is 16.2. The number of likely N-dealkylation sites (N-methyl/N-ethyl adjacent to an activating group) is 1. The Bertz CT molecular complexity index is 744. The van der Waals surface area contributed by atoms with Crippen molar-refractivity contribution in [1.29, 1.82) is 0 Å². The van der Waals surface area contributed by atoms with Gasteiger partial charge in [-0.2, -0.15) is 0 Å². The molecule has 0 heterocycles. The molecule has 28 heavy (non-hydrogen) atoms. The average molecular weight is 381 g/mol. The number of carbonyl (C=O) groups excluding carboxylic acids is 1. The van der Waals surface area contributed by atoms with Gasteiger partial charge in [-0.3, -0.25) is 4.79 Å². The predicted octanol–water partition coefficient (Wildman–Crippen LogP) is 3.04. The maximum Gasteiger partial charge on any atom is 0.243 e. The topological polar surface area (TPSA) is 56.7 Å². The van der Waals surface area contributed by atoms with E-state index in [4.69, 9.17) is 0 Å². The monoisotopic (exact) mass is 380 g/mol. The smallest absolute Gasteiger partial charge is 0.243 e. The highest BCUT2D eigenvalue weighted by Crippen LogP contribution is 2.18. The molecular formula is C23H32N4O. The number of amides is 1. The lowest BCUT2D eigenvalue weighted by Gasteiger charge is -2.24. The summed E-state index contributed by atoms with van der Waals surface area (Å²) in [5.74, 6) is 0.959. The van der Waals surface area contributed by atoms with Crippen molar-refractivity contribution in [2.45, 2.75) is 32.2 Å². The second-order valence-electron chi connectivity index (χ2n) is 7.25. The first-order valence-electron chi connectivity index (χ1n) is 9.81. The Balaban J connectivity index is 2.00. The van der Waals surface area contributed by atoms with E-state index in [9.17, 15) is 4.79 Å². The van der Waals surface area contributed by atoms with Gasteiger partial charge in [-0.15, -0.1) is 0 Å². The molecule has 2 atom stereocenters. The first-order chi connectivity index (χ1) is 13.5. The molecule has 2 rings (SSSR count). The van der Waals surface area contributed by atoms with Gasteiger partial charge >= 0.3 is 0 Å². The van der Waals surface area contributed by atoms with Gasteiger partial charge in [0.15, 0.2) is 5.96 Å². The van der Waals surface area contributed by atoms with E-state index in [0.717, 1.165) is 13.0 Å². The van der Waals surface area contributed by atoms with Crippen LogP contribution in [0.15, 0.2) is 65.7 Å². The minimum atomic E-state index is -0.0204. The molecule has 0 aromatic heterocycles. The van der Waals surface area contributed by atoms with Crippen LogP contribution >= 0.6 is 0 Å². The minimum Gasteiger partial charge on any atom is -0.356 e. The van der Waals surface area contributed by atoms with Gasteiger partial charge in [-0.1, -0.05) is 67.6 Å². The summed E-state index contributed by atoms with van der Waals surface area (Å²) in [5, 5.41) is 6.83. The third-order valence-corrected chi connectivity index (χ3v) is 4.86. The van der Waals surface area contributed by atoms with Gasteiger partial charge in [-0.25, -0.2) is 4.99 Å². The van der Waals surface area contributed by atoms with Gasteiger partial charge < -0.3 is 15.5 Å². The van der Waals surface area contributed by atoms with E-state index in [0.29, 0.717) is 11.9 Å². The number of rotatable bonds is 8. The molecule has 2 unspecified atom stereocenters. The summed E-state index contributed by atoms with van der Waals surface area (Å²) in [5.41, 5.74) is 2.54. The van der Waals surface area contributed by atoms with Crippen LogP contribution in [-0.2, 0) is 11.2 Å². The number of nitrogens with one attached hydrogen (secondary N) is 2. The van der Waals surface area contributed by atoms with Crippen molar-refractivity contribution in [3.05, 3.63) is 71.8 Å². The molecule has 2 N–H and O–H groups in total. The molecule has 0 aliphatic carbocycles. The third-order valence-electron chi connectivity index (χ3n) is 4.86. The zero-order chi connectivity index (χ0) is 20.4. The molecule has 5 heteroatoms. The summed E-state index contributed by atoms with van der Waals surface area (Å²) in [7, 11) is 3.49. The molecule has 1 amide bonds. The van der Waals surface area contributed by atoms with Gasteiger partial charge in [0.05, 0.1) is 0 Å². The summed E-state index contributed by atoms with van der Waals surface area (Å²) in [4.78, 5) is 18.0. The van der Waals surface area contributed by atoms with Crippen LogP contribution in [0.2, 0.25) is 0 Å². The number of aliphatic imine (C=N–C) groups is 1. The minimum absolute atomic E-state index is 0.0204. The molecular weight excluding hydrogens is 348 g/mol. The Morgan fingerprint density at radius 3 is 2.21 bits per heavy atom. The van der Waals surface area contributed by atoms with Crippen LogP contribution < -0.4 is 10.6 Å². The number of guanidine groups is 1. The first-order valence-corrected chi connectivity index (χ1v) is 9.81. The molecule has 0 saturated heterocycles. The largest absolute Gasteiger partial charge is 0.356 e. The van der Waals surface area contributed by atoms with Crippen molar-refractivity contribution < 1.29 is 4.79 Å². The van der Waals surface area contributed by atoms with E-state index in [1.807, 2.05) is 24.3 Å². The van der Waals surface area contributed by atoms with Crippen LogP contribution in [0, 0.1) is 0 Å². The number of hydrogen-bond acceptors (Lipinski definition) is 2. The van der Waals surface area contributed by atoms with Crippen LogP contribution in [0.3, 0.4) is 0 Å². The van der Waals surface area contributed by atoms with Crippen LogP contribution in [-0.4, -0.2) is 50.0 Å². The van der Waals surface area contributed by atoms with Crippen LogP contribution in [0.5, 0.6) is 0 Å². The summed E-state index contributed by atoms with van der Waals surface area (Å²) >= 11 is 0. The number of carbonyl (C=O) groups is 1. The molecule has 150 valence electrons. The van der Waals surface area contributed by atoms with Crippen molar-refractivity contribution in [2.75, 3.05) is 27.2 Å². The van der Waals surface area contributed by atoms with Crippen molar-refractivity contribution in [3.8, 4) is 0 Å². The van der Waals surface area contributed by atoms with Gasteiger partial charge in [-0.05, 0) is 24.5 Å². The molecule has 0 bridgehead atoms. The molecule has 2 aromatic rings. The summed E-state index contributed by atoms with van der Waals surface area (Å²) in [6, 6.07) is 20.9. The zero-order valence-corrected chi connectivity index (χ0v) is 17.4. The summed E-state index contributed by atoms with van der Waals surface area (Å²) in [6.45, 7) is 5.21. The zero-order valence-electron chi connectivity index (χ0n) is 17.4. The average Bonchev–Trinajstić information content (AvgIpc) is 2.72. The third kappa shape index (κ3) is 7.06. The quantitative estimate of drug-likeness (QED) is 0.547. The molecule has 0 radical (unpaired) electrons. The maximum absolute atomic E-state index is 11.9. The van der Waals surface area contributed by atoms with Crippen molar-refractivity contribution in [2.24, 2.45) is 4.99 Å². The van der Waals surface area contributed by atoms with E-state index < -0.39 is 0 Å². The van der Waals surface area contributed by atoms with Crippen LogP contribution in [0.1, 0.15) is 30.9 Å². The van der Waals surface area contributed by atoms with E-state index in [1.165, 1.54) is 11.1 Å². The van der Waals surface area contributed by atoms with Crippen LogP contribution in [0.25, 0.3) is 0 Å². The van der Waals surface area contributed by atoms with E-state index in [-0.39, 0.29) is 18.5 Å². The van der Waals surface area contributed by atoms with E-state index in [2.05, 4.69) is 65.9 Å². The Morgan fingerprint density at radius 2 is 1.61 bits per heavy atom. The first kappa shape index (κ1) is 21.5. The fourth-order valence-electron chi connectivity index (χ4n) is 2.80. The second kappa shape index (κ2) is 11.1. The van der Waals surface area contributed by atoms with Crippen molar-refractivity contribution in [1.82, 2.24) is 15.5 Å². The summed E-state index contributed by atoms with van der Waals surface area (Å²) in [6.07, 6.45) is 0.895. The Morgan fingerprint density at radius 1 is 1.00 bits per heavy atom. The molecule has 0 aliphatic heterocycles. The number of benzene rings is 2. The molecule has 0 saturated carbocycles. The highest BCUT2D eigenvalue weighted by molar-refractivity contribution is 5.85. The van der Waals surface area contributed by atoms with Gasteiger partial charge in [0.1, 0.15) is 6.54 Å². The second-order valence-corrected chi connectivity index (χ2v) is 7.25. The Labute approximate surface area is 168 Å². The van der Waals surface area contributed by atoms with Crippen LogP contribution in [0.4, 0.5) is 0 Å². The normalized spacial score (nSPS) is 13.5.